The van der Waals surface area contributed by atoms with Crippen molar-refractivity contribution < 1.29 is 9.32 Å². The molecule has 0 spiro atoms. The number of aromatic nitrogens is 5. The molecule has 9 nitrogen and oxygen atoms in total. The van der Waals surface area contributed by atoms with E-state index in [1.165, 1.54) is 0 Å². The van der Waals surface area contributed by atoms with Crippen molar-refractivity contribution in [1.82, 2.24) is 35.8 Å². The van der Waals surface area contributed by atoms with Gasteiger partial charge in [0, 0.05) is 19.6 Å². The predicted molar refractivity (Wildman–Crippen MR) is 63.2 cm³/mol. The molecule has 19 heavy (non-hydrogen) atoms. The largest absolute Gasteiger partial charge is 0.349 e. The van der Waals surface area contributed by atoms with Crippen LogP contribution in [0.2, 0.25) is 0 Å². The summed E-state index contributed by atoms with van der Waals surface area (Å²) in [4.78, 5) is 15.5. The molecule has 0 saturated carbocycles. The molecule has 2 aromatic heterocycles. The second kappa shape index (κ2) is 4.76. The lowest BCUT2D eigenvalue weighted by Crippen LogP contribution is -2.43. The third kappa shape index (κ3) is 2.19. The van der Waals surface area contributed by atoms with Crippen LogP contribution in [-0.4, -0.2) is 50.7 Å². The molecule has 3 rings (SSSR count). The number of amides is 1. The maximum atomic E-state index is 11.5. The van der Waals surface area contributed by atoms with Crippen molar-refractivity contribution in [3.63, 3.8) is 0 Å². The zero-order valence-corrected chi connectivity index (χ0v) is 10.3. The topological polar surface area (TPSA) is 111 Å². The van der Waals surface area contributed by atoms with Crippen LogP contribution in [0.25, 0.3) is 11.6 Å². The van der Waals surface area contributed by atoms with Crippen LogP contribution in [0.15, 0.2) is 10.7 Å². The van der Waals surface area contributed by atoms with Gasteiger partial charge in [-0.25, -0.2) is 4.68 Å². The van der Waals surface area contributed by atoms with Gasteiger partial charge in [-0.15, -0.1) is 5.10 Å². The van der Waals surface area contributed by atoms with Gasteiger partial charge in [0.2, 0.25) is 0 Å². The van der Waals surface area contributed by atoms with Gasteiger partial charge in [-0.05, 0) is 6.92 Å². The highest BCUT2D eigenvalue weighted by molar-refractivity contribution is 5.90. The van der Waals surface area contributed by atoms with Gasteiger partial charge in [-0.2, -0.15) is 4.98 Å². The highest BCUT2D eigenvalue weighted by Gasteiger charge is 2.22. The molecule has 0 unspecified atom stereocenters. The molecule has 9 heteroatoms. The summed E-state index contributed by atoms with van der Waals surface area (Å²) in [6.45, 7) is 4.07. The average molecular weight is 263 g/mol. The first-order valence-corrected chi connectivity index (χ1v) is 6.02. The van der Waals surface area contributed by atoms with Crippen molar-refractivity contribution in [2.24, 2.45) is 0 Å². The summed E-state index contributed by atoms with van der Waals surface area (Å²) in [7, 11) is 0. The van der Waals surface area contributed by atoms with E-state index in [-0.39, 0.29) is 17.6 Å². The van der Waals surface area contributed by atoms with E-state index >= 15 is 0 Å². The van der Waals surface area contributed by atoms with Crippen molar-refractivity contribution >= 4 is 5.91 Å². The predicted octanol–water partition coefficient (Wildman–Crippen LogP) is -0.778. The van der Waals surface area contributed by atoms with E-state index in [1.807, 2.05) is 6.92 Å². The Kier molecular flexibility index (Phi) is 2.95. The number of carbonyl (C=O) groups excluding carboxylic acids is 1. The van der Waals surface area contributed by atoms with Crippen molar-refractivity contribution in [2.75, 3.05) is 19.6 Å². The summed E-state index contributed by atoms with van der Waals surface area (Å²) >= 11 is 0. The van der Waals surface area contributed by atoms with Crippen molar-refractivity contribution in [2.45, 2.75) is 13.0 Å². The Hall–Kier alpha value is -2.29. The maximum absolute atomic E-state index is 11.5. The number of nitrogens with one attached hydrogen (secondary N) is 2. The first-order chi connectivity index (χ1) is 9.28. The highest BCUT2D eigenvalue weighted by atomic mass is 16.5. The fraction of sp³-hybridized carbons (Fsp3) is 0.500. The summed E-state index contributed by atoms with van der Waals surface area (Å²) in [5.74, 6) is -0.176. The monoisotopic (exact) mass is 263 g/mol. The zero-order chi connectivity index (χ0) is 13.2. The van der Waals surface area contributed by atoms with E-state index in [0.717, 1.165) is 13.1 Å². The minimum absolute atomic E-state index is 0.00305. The molecule has 0 atom stereocenters. The van der Waals surface area contributed by atoms with Crippen LogP contribution >= 0.6 is 0 Å². The SMILES string of the molecule is CCNC(=O)c1noc(-c2cn(C3CNC3)nn2)n1. The van der Waals surface area contributed by atoms with Gasteiger partial charge in [0.15, 0.2) is 5.69 Å². The molecule has 0 bridgehead atoms. The minimum Gasteiger partial charge on any atom is -0.349 e. The van der Waals surface area contributed by atoms with E-state index in [1.54, 1.807) is 10.9 Å². The molecule has 0 radical (unpaired) electrons. The maximum Gasteiger partial charge on any atom is 0.292 e. The molecule has 1 fully saturated rings. The van der Waals surface area contributed by atoms with Gasteiger partial charge in [0.25, 0.3) is 17.6 Å². The van der Waals surface area contributed by atoms with Crippen LogP contribution in [0.3, 0.4) is 0 Å². The molecule has 0 aliphatic carbocycles. The first kappa shape index (κ1) is 11.8. The lowest BCUT2D eigenvalue weighted by Gasteiger charge is -2.26. The van der Waals surface area contributed by atoms with Crippen LogP contribution < -0.4 is 10.6 Å². The Bertz CT molecular complexity index is 586. The van der Waals surface area contributed by atoms with Gasteiger partial charge in [-0.3, -0.25) is 4.79 Å². The zero-order valence-electron chi connectivity index (χ0n) is 10.3. The number of carbonyl (C=O) groups is 1. The third-order valence-corrected chi connectivity index (χ3v) is 2.83. The Morgan fingerprint density at radius 2 is 2.47 bits per heavy atom. The van der Waals surface area contributed by atoms with Crippen LogP contribution in [0, 0.1) is 0 Å². The van der Waals surface area contributed by atoms with Gasteiger partial charge in [0.05, 0.1) is 12.2 Å². The fourth-order valence-electron chi connectivity index (χ4n) is 1.67. The standard InChI is InChI=1S/C10H13N7O2/c1-2-12-9(18)8-13-10(19-15-8)7-5-17(16-14-7)6-3-11-4-6/h5-6,11H,2-4H2,1H3,(H,12,18). The average Bonchev–Trinajstić information content (AvgIpc) is 2.94. The molecule has 3 heterocycles. The molecular formula is C10H13N7O2. The van der Waals surface area contributed by atoms with E-state index < -0.39 is 0 Å². The molecule has 2 N–H and O–H groups in total. The number of hydrogen-bond donors (Lipinski definition) is 2. The molecule has 100 valence electrons. The van der Waals surface area contributed by atoms with Gasteiger partial charge in [0.1, 0.15) is 0 Å². The molecular weight excluding hydrogens is 250 g/mol. The van der Waals surface area contributed by atoms with Crippen LogP contribution in [-0.2, 0) is 0 Å². The second-order valence-electron chi connectivity index (χ2n) is 4.18. The normalized spacial score (nSPS) is 15.2. The lowest BCUT2D eigenvalue weighted by molar-refractivity contribution is 0.0942. The summed E-state index contributed by atoms with van der Waals surface area (Å²) < 4.78 is 6.76. The van der Waals surface area contributed by atoms with Crippen LogP contribution in [0.5, 0.6) is 0 Å². The number of nitrogens with zero attached hydrogens (tertiary/aromatic N) is 5. The van der Waals surface area contributed by atoms with Crippen molar-refractivity contribution in [1.29, 1.82) is 0 Å². The van der Waals surface area contributed by atoms with Gasteiger partial charge < -0.3 is 15.2 Å². The quantitative estimate of drug-likeness (QED) is 0.744. The third-order valence-electron chi connectivity index (χ3n) is 2.83. The first-order valence-electron chi connectivity index (χ1n) is 6.02. The summed E-state index contributed by atoms with van der Waals surface area (Å²) in [6, 6.07) is 0.312. The van der Waals surface area contributed by atoms with Crippen LogP contribution in [0.1, 0.15) is 23.6 Å². The molecule has 1 aliphatic rings. The smallest absolute Gasteiger partial charge is 0.292 e. The summed E-state index contributed by atoms with van der Waals surface area (Å²) in [5, 5.41) is 17.3. The van der Waals surface area contributed by atoms with E-state index in [2.05, 4.69) is 31.1 Å². The molecule has 1 amide bonds. The van der Waals surface area contributed by atoms with E-state index in [4.69, 9.17) is 4.52 Å². The highest BCUT2D eigenvalue weighted by Crippen LogP contribution is 2.17. The Morgan fingerprint density at radius 1 is 1.63 bits per heavy atom. The molecule has 2 aromatic rings. The second-order valence-corrected chi connectivity index (χ2v) is 4.18. The van der Waals surface area contributed by atoms with E-state index in [9.17, 15) is 4.79 Å². The summed E-state index contributed by atoms with van der Waals surface area (Å²) in [5.41, 5.74) is 0.468. The Morgan fingerprint density at radius 3 is 3.16 bits per heavy atom. The van der Waals surface area contributed by atoms with Crippen LogP contribution in [0.4, 0.5) is 0 Å². The van der Waals surface area contributed by atoms with Crippen molar-refractivity contribution in [3.05, 3.63) is 12.0 Å². The lowest BCUT2D eigenvalue weighted by atomic mass is 10.2. The number of hydrogen-bond acceptors (Lipinski definition) is 7. The number of rotatable bonds is 4. The minimum atomic E-state index is -0.368. The fourth-order valence-corrected chi connectivity index (χ4v) is 1.67. The molecule has 0 aromatic carbocycles. The van der Waals surface area contributed by atoms with Gasteiger partial charge in [-0.1, -0.05) is 10.4 Å². The Balaban J connectivity index is 1.78. The molecule has 1 aliphatic heterocycles. The van der Waals surface area contributed by atoms with E-state index in [0.29, 0.717) is 18.3 Å². The Labute approximate surface area is 108 Å². The molecule has 1 saturated heterocycles. The van der Waals surface area contributed by atoms with Crippen molar-refractivity contribution in [3.8, 4) is 11.6 Å². The van der Waals surface area contributed by atoms with Gasteiger partial charge >= 0.3 is 0 Å². The summed E-state index contributed by atoms with van der Waals surface area (Å²) in [6.07, 6.45) is 1.74.